The van der Waals surface area contributed by atoms with Gasteiger partial charge in [-0.25, -0.2) is 4.79 Å². The molecule has 7 heteroatoms. The van der Waals surface area contributed by atoms with Crippen LogP contribution in [0.3, 0.4) is 0 Å². The van der Waals surface area contributed by atoms with E-state index < -0.39 is 5.76 Å². The van der Waals surface area contributed by atoms with Crippen molar-refractivity contribution in [2.75, 3.05) is 19.8 Å². The Hall–Kier alpha value is -3.22. The molecule has 1 fully saturated rings. The number of ether oxygens (including phenoxy) is 2. The Morgan fingerprint density at radius 1 is 1.10 bits per heavy atom. The number of aromatic nitrogens is 1. The third-order valence-electron chi connectivity index (χ3n) is 7.17. The molecule has 1 atom stereocenters. The summed E-state index contributed by atoms with van der Waals surface area (Å²) in [5.74, 6) is 1.01. The predicted molar refractivity (Wildman–Crippen MR) is 114 cm³/mol. The second kappa shape index (κ2) is 6.64. The maximum atomic E-state index is 13.6. The third-order valence-corrected chi connectivity index (χ3v) is 7.17. The lowest BCUT2D eigenvalue weighted by Gasteiger charge is -2.46. The number of carbonyl (C=O) groups excluding carboxylic acids is 1. The van der Waals surface area contributed by atoms with Crippen LogP contribution in [0.1, 0.15) is 60.1 Å². The number of amides is 1. The molecule has 1 saturated carbocycles. The zero-order chi connectivity index (χ0) is 21.2. The van der Waals surface area contributed by atoms with Gasteiger partial charge in [-0.3, -0.25) is 9.78 Å². The van der Waals surface area contributed by atoms with Crippen molar-refractivity contribution >= 4 is 17.0 Å². The molecule has 0 radical (unpaired) electrons. The average molecular weight is 420 g/mol. The van der Waals surface area contributed by atoms with Crippen molar-refractivity contribution in [3.63, 3.8) is 0 Å². The summed E-state index contributed by atoms with van der Waals surface area (Å²) in [5, 5.41) is 0. The summed E-state index contributed by atoms with van der Waals surface area (Å²) < 4.78 is 16.9. The minimum atomic E-state index is -0.517. The zero-order valence-corrected chi connectivity index (χ0v) is 17.4. The smallest absolute Gasteiger partial charge is 0.417 e. The monoisotopic (exact) mass is 420 g/mol. The third kappa shape index (κ3) is 2.79. The van der Waals surface area contributed by atoms with Crippen LogP contribution < -0.4 is 15.2 Å². The van der Waals surface area contributed by atoms with Gasteiger partial charge in [0.25, 0.3) is 5.91 Å². The van der Waals surface area contributed by atoms with E-state index in [0.29, 0.717) is 36.4 Å². The molecule has 0 saturated heterocycles. The lowest BCUT2D eigenvalue weighted by Crippen LogP contribution is -2.48. The number of fused-ring (bicyclic) bond motifs is 4. The van der Waals surface area contributed by atoms with Crippen LogP contribution in [-0.4, -0.2) is 35.5 Å². The first-order chi connectivity index (χ1) is 15.0. The molecule has 1 amide bonds. The Balaban J connectivity index is 1.44. The summed E-state index contributed by atoms with van der Waals surface area (Å²) in [6.45, 7) is 3.85. The van der Waals surface area contributed by atoms with E-state index >= 15 is 0 Å². The highest BCUT2D eigenvalue weighted by Gasteiger charge is 2.46. The molecule has 1 N–H and O–H groups in total. The first kappa shape index (κ1) is 18.5. The summed E-state index contributed by atoms with van der Waals surface area (Å²) in [5.41, 5.74) is 3.90. The van der Waals surface area contributed by atoms with Gasteiger partial charge in [-0.05, 0) is 61.2 Å². The molecule has 1 unspecified atom stereocenters. The Morgan fingerprint density at radius 3 is 2.61 bits per heavy atom. The van der Waals surface area contributed by atoms with Gasteiger partial charge in [0.05, 0.1) is 11.6 Å². The molecular formula is C24H24N2O5. The molecule has 1 aliphatic carbocycles. The molecule has 3 aromatic rings. The number of nitrogens with one attached hydrogen (secondary N) is 1. The van der Waals surface area contributed by atoms with Gasteiger partial charge in [0.2, 0.25) is 0 Å². The summed E-state index contributed by atoms with van der Waals surface area (Å²) in [6, 6.07) is 9.27. The average Bonchev–Trinajstić information content (AvgIpc) is 3.40. The molecule has 2 aromatic carbocycles. The van der Waals surface area contributed by atoms with E-state index in [0.717, 1.165) is 42.7 Å². The van der Waals surface area contributed by atoms with Gasteiger partial charge in [0.1, 0.15) is 13.2 Å². The normalized spacial score (nSPS) is 21.5. The second-order valence-electron chi connectivity index (χ2n) is 8.91. The summed E-state index contributed by atoms with van der Waals surface area (Å²) in [4.78, 5) is 29.7. The molecule has 31 heavy (non-hydrogen) atoms. The quantitative estimate of drug-likeness (QED) is 0.645. The Morgan fingerprint density at radius 2 is 1.84 bits per heavy atom. The fraction of sp³-hybridized carbons (Fsp3) is 0.417. The lowest BCUT2D eigenvalue weighted by atomic mass is 9.71. The van der Waals surface area contributed by atoms with Gasteiger partial charge in [-0.2, -0.15) is 0 Å². The summed E-state index contributed by atoms with van der Waals surface area (Å²) in [6.07, 6.45) is 4.43. The largest absolute Gasteiger partial charge is 0.486 e. The highest BCUT2D eigenvalue weighted by Crippen LogP contribution is 2.52. The number of benzene rings is 2. The number of nitrogens with zero attached hydrogens (tertiary/aromatic N) is 1. The lowest BCUT2D eigenvalue weighted by molar-refractivity contribution is 0.0593. The minimum absolute atomic E-state index is 0.0509. The van der Waals surface area contributed by atoms with Crippen LogP contribution in [0.25, 0.3) is 11.1 Å². The van der Waals surface area contributed by atoms with Gasteiger partial charge in [0, 0.05) is 17.5 Å². The van der Waals surface area contributed by atoms with Crippen molar-refractivity contribution in [1.82, 2.24) is 9.88 Å². The number of hydrogen-bond donors (Lipinski definition) is 1. The first-order valence-corrected chi connectivity index (χ1v) is 10.9. The SMILES string of the molecule is CC1c2cc3c(cc2C2(CCCC2)CN1C(=O)c1ccc2[nH]c(=O)oc2c1)OCCO3. The van der Waals surface area contributed by atoms with E-state index in [-0.39, 0.29) is 17.4 Å². The highest BCUT2D eigenvalue weighted by atomic mass is 16.6. The highest BCUT2D eigenvalue weighted by molar-refractivity contribution is 5.97. The van der Waals surface area contributed by atoms with Crippen molar-refractivity contribution in [2.24, 2.45) is 0 Å². The molecule has 6 rings (SSSR count). The van der Waals surface area contributed by atoms with Crippen LogP contribution in [0.4, 0.5) is 0 Å². The van der Waals surface area contributed by atoms with E-state index in [1.165, 1.54) is 5.56 Å². The van der Waals surface area contributed by atoms with Gasteiger partial charge >= 0.3 is 5.76 Å². The first-order valence-electron chi connectivity index (χ1n) is 10.9. The standard InChI is InChI=1S/C24H24N2O5/c1-14-16-11-20-21(30-9-8-29-20)12-17(16)24(6-2-3-7-24)13-26(14)22(27)15-4-5-18-19(10-15)31-23(28)25-18/h4-5,10-12,14H,2-3,6-9,13H2,1H3,(H,25,28). The molecule has 3 heterocycles. The molecule has 3 aliphatic rings. The van der Waals surface area contributed by atoms with E-state index in [1.54, 1.807) is 18.2 Å². The number of carbonyl (C=O) groups is 1. The Bertz CT molecular complexity index is 1250. The van der Waals surface area contributed by atoms with Gasteiger partial charge in [-0.1, -0.05) is 12.8 Å². The van der Waals surface area contributed by atoms with E-state index in [2.05, 4.69) is 24.0 Å². The van der Waals surface area contributed by atoms with Crippen LogP contribution in [0.5, 0.6) is 11.5 Å². The minimum Gasteiger partial charge on any atom is -0.486 e. The van der Waals surface area contributed by atoms with Crippen LogP contribution in [0.15, 0.2) is 39.5 Å². The topological polar surface area (TPSA) is 84.8 Å². The summed E-state index contributed by atoms with van der Waals surface area (Å²) >= 11 is 0. The fourth-order valence-corrected chi connectivity index (χ4v) is 5.60. The van der Waals surface area contributed by atoms with Gasteiger partial charge in [0.15, 0.2) is 17.1 Å². The molecule has 1 aromatic heterocycles. The maximum absolute atomic E-state index is 13.6. The fourth-order valence-electron chi connectivity index (χ4n) is 5.60. The van der Waals surface area contributed by atoms with Crippen LogP contribution in [0.2, 0.25) is 0 Å². The molecule has 0 bridgehead atoms. The summed E-state index contributed by atoms with van der Waals surface area (Å²) in [7, 11) is 0. The predicted octanol–water partition coefficient (Wildman–Crippen LogP) is 3.92. The second-order valence-corrected chi connectivity index (χ2v) is 8.91. The number of oxazole rings is 1. The van der Waals surface area contributed by atoms with Gasteiger partial charge in [-0.15, -0.1) is 0 Å². The number of aromatic amines is 1. The van der Waals surface area contributed by atoms with Crippen LogP contribution in [0, 0.1) is 0 Å². The number of hydrogen-bond acceptors (Lipinski definition) is 5. The maximum Gasteiger partial charge on any atom is 0.417 e. The molecule has 2 aliphatic heterocycles. The van der Waals surface area contributed by atoms with Crippen molar-refractivity contribution in [3.8, 4) is 11.5 Å². The van der Waals surface area contributed by atoms with Crippen molar-refractivity contribution < 1.29 is 18.7 Å². The van der Waals surface area contributed by atoms with Crippen LogP contribution in [-0.2, 0) is 5.41 Å². The Labute approximate surface area is 178 Å². The Kier molecular flexibility index (Phi) is 3.97. The van der Waals surface area contributed by atoms with E-state index in [1.807, 2.05) is 4.90 Å². The van der Waals surface area contributed by atoms with E-state index in [4.69, 9.17) is 13.9 Å². The molecule has 160 valence electrons. The van der Waals surface area contributed by atoms with Gasteiger partial charge < -0.3 is 18.8 Å². The van der Waals surface area contributed by atoms with Crippen LogP contribution >= 0.6 is 0 Å². The molecule has 1 spiro atoms. The van der Waals surface area contributed by atoms with Crippen molar-refractivity contribution in [3.05, 3.63) is 57.6 Å². The number of H-pyrrole nitrogens is 1. The van der Waals surface area contributed by atoms with Crippen molar-refractivity contribution in [2.45, 2.75) is 44.1 Å². The number of rotatable bonds is 1. The molecule has 7 nitrogen and oxygen atoms in total. The molecular weight excluding hydrogens is 396 g/mol. The zero-order valence-electron chi connectivity index (χ0n) is 17.4. The van der Waals surface area contributed by atoms with Crippen molar-refractivity contribution in [1.29, 1.82) is 0 Å². The van der Waals surface area contributed by atoms with E-state index in [9.17, 15) is 9.59 Å².